The molecule has 110 valence electrons. The lowest BCUT2D eigenvalue weighted by Gasteiger charge is -2.22. The number of nitrogens with zero attached hydrogens (tertiary/aromatic N) is 1. The van der Waals surface area contributed by atoms with Gasteiger partial charge in [0.2, 0.25) is 0 Å². The molecule has 2 rings (SSSR count). The van der Waals surface area contributed by atoms with Crippen molar-refractivity contribution < 1.29 is 18.4 Å². The molecule has 1 saturated heterocycles. The number of nitro groups is 1. The van der Waals surface area contributed by atoms with Gasteiger partial charge >= 0.3 is 0 Å². The summed E-state index contributed by atoms with van der Waals surface area (Å²) in [5, 5.41) is 13.7. The molecule has 0 aromatic heterocycles. The summed E-state index contributed by atoms with van der Waals surface area (Å²) in [6.45, 7) is 2.08. The number of hydrogen-bond donors (Lipinski definition) is 1. The van der Waals surface area contributed by atoms with Crippen molar-refractivity contribution in [2.24, 2.45) is 5.92 Å². The van der Waals surface area contributed by atoms with E-state index in [1.807, 2.05) is 0 Å². The number of nitro benzene ring substituents is 1. The quantitative estimate of drug-likeness (QED) is 0.667. The van der Waals surface area contributed by atoms with Gasteiger partial charge in [-0.05, 0) is 38.3 Å². The van der Waals surface area contributed by atoms with E-state index in [9.17, 15) is 18.9 Å². The van der Waals surface area contributed by atoms with Gasteiger partial charge in [-0.25, -0.2) is 8.78 Å². The van der Waals surface area contributed by atoms with E-state index in [2.05, 4.69) is 5.32 Å². The first-order valence-corrected chi connectivity index (χ1v) is 6.55. The number of benzene rings is 1. The van der Waals surface area contributed by atoms with Gasteiger partial charge in [0, 0.05) is 0 Å². The Morgan fingerprint density at radius 1 is 1.40 bits per heavy atom. The van der Waals surface area contributed by atoms with Crippen molar-refractivity contribution >= 4 is 5.69 Å². The van der Waals surface area contributed by atoms with E-state index in [-0.39, 0.29) is 6.61 Å². The Morgan fingerprint density at radius 2 is 2.10 bits per heavy atom. The van der Waals surface area contributed by atoms with E-state index in [4.69, 9.17) is 4.74 Å². The maximum absolute atomic E-state index is 13.6. The van der Waals surface area contributed by atoms with E-state index in [0.29, 0.717) is 24.5 Å². The molecule has 1 N–H and O–H groups in total. The number of rotatable bonds is 5. The van der Waals surface area contributed by atoms with Gasteiger partial charge in [-0.2, -0.15) is 0 Å². The SMILES string of the molecule is O=[N+]([O-])c1cc(F)c(OCCC2CCCNC2)c(F)c1. The van der Waals surface area contributed by atoms with Gasteiger partial charge < -0.3 is 10.1 Å². The molecule has 1 fully saturated rings. The minimum absolute atomic E-state index is 0.192. The Hall–Kier alpha value is -1.76. The molecule has 5 nitrogen and oxygen atoms in total. The lowest BCUT2D eigenvalue weighted by atomic mass is 9.97. The molecular formula is C13H16F2N2O3. The van der Waals surface area contributed by atoms with Crippen molar-refractivity contribution in [3.8, 4) is 5.75 Å². The van der Waals surface area contributed by atoms with Crippen LogP contribution >= 0.6 is 0 Å². The maximum Gasteiger partial charge on any atom is 0.275 e. The van der Waals surface area contributed by atoms with Gasteiger partial charge in [-0.15, -0.1) is 0 Å². The second-order valence-corrected chi connectivity index (χ2v) is 4.85. The number of hydrogen-bond acceptors (Lipinski definition) is 4. The lowest BCUT2D eigenvalue weighted by molar-refractivity contribution is -0.385. The maximum atomic E-state index is 13.6. The Balaban J connectivity index is 1.93. The van der Waals surface area contributed by atoms with Crippen LogP contribution < -0.4 is 10.1 Å². The Morgan fingerprint density at radius 3 is 2.65 bits per heavy atom. The minimum Gasteiger partial charge on any atom is -0.488 e. The third-order valence-corrected chi connectivity index (χ3v) is 3.37. The summed E-state index contributed by atoms with van der Waals surface area (Å²) >= 11 is 0. The Labute approximate surface area is 115 Å². The molecule has 1 atom stereocenters. The van der Waals surface area contributed by atoms with Gasteiger partial charge in [0.05, 0.1) is 23.7 Å². The summed E-state index contributed by atoms with van der Waals surface area (Å²) in [5.74, 6) is -2.19. The van der Waals surface area contributed by atoms with Crippen molar-refractivity contribution in [3.63, 3.8) is 0 Å². The van der Waals surface area contributed by atoms with Crippen LogP contribution in [-0.4, -0.2) is 24.6 Å². The summed E-state index contributed by atoms with van der Waals surface area (Å²) in [6, 6.07) is 1.33. The molecule has 0 amide bonds. The van der Waals surface area contributed by atoms with E-state index in [0.717, 1.165) is 25.9 Å². The monoisotopic (exact) mass is 286 g/mol. The van der Waals surface area contributed by atoms with Crippen molar-refractivity contribution in [1.29, 1.82) is 0 Å². The van der Waals surface area contributed by atoms with Crippen molar-refractivity contribution in [1.82, 2.24) is 5.32 Å². The first-order chi connectivity index (χ1) is 9.58. The third-order valence-electron chi connectivity index (χ3n) is 3.37. The largest absolute Gasteiger partial charge is 0.488 e. The topological polar surface area (TPSA) is 64.4 Å². The predicted molar refractivity (Wildman–Crippen MR) is 68.7 cm³/mol. The summed E-state index contributed by atoms with van der Waals surface area (Å²) < 4.78 is 32.2. The highest BCUT2D eigenvalue weighted by atomic mass is 19.1. The van der Waals surface area contributed by atoms with Crippen LogP contribution in [0.3, 0.4) is 0 Å². The molecule has 0 radical (unpaired) electrons. The average molecular weight is 286 g/mol. The minimum atomic E-state index is -1.04. The van der Waals surface area contributed by atoms with Crippen LogP contribution in [0.5, 0.6) is 5.75 Å². The molecule has 0 spiro atoms. The van der Waals surface area contributed by atoms with Gasteiger partial charge in [0.1, 0.15) is 0 Å². The van der Waals surface area contributed by atoms with E-state index in [1.165, 1.54) is 0 Å². The molecule has 1 heterocycles. The van der Waals surface area contributed by atoms with Crippen LogP contribution in [0.2, 0.25) is 0 Å². The number of nitrogens with one attached hydrogen (secondary N) is 1. The number of ether oxygens (including phenoxy) is 1. The molecule has 1 aromatic rings. The van der Waals surface area contributed by atoms with Crippen LogP contribution in [-0.2, 0) is 0 Å². The van der Waals surface area contributed by atoms with Crippen molar-refractivity contribution in [3.05, 3.63) is 33.9 Å². The molecular weight excluding hydrogens is 270 g/mol. The highest BCUT2D eigenvalue weighted by Crippen LogP contribution is 2.27. The van der Waals surface area contributed by atoms with Gasteiger partial charge in [-0.3, -0.25) is 10.1 Å². The second-order valence-electron chi connectivity index (χ2n) is 4.85. The van der Waals surface area contributed by atoms with Crippen LogP contribution in [0.1, 0.15) is 19.3 Å². The summed E-state index contributed by atoms with van der Waals surface area (Å²) in [4.78, 5) is 9.62. The first-order valence-electron chi connectivity index (χ1n) is 6.55. The van der Waals surface area contributed by atoms with E-state index >= 15 is 0 Å². The normalized spacial score (nSPS) is 18.8. The molecule has 20 heavy (non-hydrogen) atoms. The van der Waals surface area contributed by atoms with Gasteiger partial charge in [0.25, 0.3) is 5.69 Å². The van der Waals surface area contributed by atoms with Crippen molar-refractivity contribution in [2.75, 3.05) is 19.7 Å². The molecule has 1 aliphatic rings. The molecule has 0 bridgehead atoms. The first kappa shape index (κ1) is 14.6. The van der Waals surface area contributed by atoms with E-state index in [1.54, 1.807) is 0 Å². The highest BCUT2D eigenvalue weighted by molar-refractivity contribution is 5.39. The zero-order chi connectivity index (χ0) is 14.5. The standard InChI is InChI=1S/C13H16F2N2O3/c14-11-6-10(17(18)19)7-12(15)13(11)20-5-3-9-2-1-4-16-8-9/h6-7,9,16H,1-5,8H2. The molecule has 0 saturated carbocycles. The van der Waals surface area contributed by atoms with Gasteiger partial charge in [-0.1, -0.05) is 0 Å². The fraction of sp³-hybridized carbons (Fsp3) is 0.538. The highest BCUT2D eigenvalue weighted by Gasteiger charge is 2.19. The smallest absolute Gasteiger partial charge is 0.275 e. The van der Waals surface area contributed by atoms with Crippen LogP contribution in [0.15, 0.2) is 12.1 Å². The fourth-order valence-corrected chi connectivity index (χ4v) is 2.29. The van der Waals surface area contributed by atoms with Crippen molar-refractivity contribution in [2.45, 2.75) is 19.3 Å². The summed E-state index contributed by atoms with van der Waals surface area (Å²) in [5.41, 5.74) is -0.621. The lowest BCUT2D eigenvalue weighted by Crippen LogP contribution is -2.30. The molecule has 1 aliphatic heterocycles. The predicted octanol–water partition coefficient (Wildman–Crippen LogP) is 2.64. The van der Waals surface area contributed by atoms with Crippen LogP contribution in [0.4, 0.5) is 14.5 Å². The number of piperidine rings is 1. The molecule has 7 heteroatoms. The number of non-ortho nitro benzene ring substituents is 1. The fourth-order valence-electron chi connectivity index (χ4n) is 2.29. The van der Waals surface area contributed by atoms with Gasteiger partial charge in [0.15, 0.2) is 17.4 Å². The van der Waals surface area contributed by atoms with E-state index < -0.39 is 28.0 Å². The van der Waals surface area contributed by atoms with Crippen LogP contribution in [0.25, 0.3) is 0 Å². The number of halogens is 2. The Kier molecular flexibility index (Phi) is 4.84. The third kappa shape index (κ3) is 3.63. The average Bonchev–Trinajstić information content (AvgIpc) is 2.42. The summed E-state index contributed by atoms with van der Waals surface area (Å²) in [7, 11) is 0. The Bertz CT molecular complexity index is 467. The molecule has 0 aliphatic carbocycles. The second kappa shape index (κ2) is 6.60. The summed E-state index contributed by atoms with van der Waals surface area (Å²) in [6.07, 6.45) is 2.86. The zero-order valence-corrected chi connectivity index (χ0v) is 10.9. The molecule has 1 unspecified atom stereocenters. The van der Waals surface area contributed by atoms with Crippen LogP contribution in [0, 0.1) is 27.7 Å². The molecule has 1 aromatic carbocycles. The zero-order valence-electron chi connectivity index (χ0n) is 10.9.